The van der Waals surface area contributed by atoms with E-state index in [9.17, 15) is 9.00 Å². The van der Waals surface area contributed by atoms with Crippen molar-refractivity contribution in [1.82, 2.24) is 10.6 Å². The Kier molecular flexibility index (Phi) is 16.0. The van der Waals surface area contributed by atoms with Crippen molar-refractivity contribution in [3.8, 4) is 0 Å². The maximum absolute atomic E-state index is 11.5. The minimum absolute atomic E-state index is 0.0474. The fourth-order valence-corrected chi connectivity index (χ4v) is 3.08. The normalized spacial score (nSPS) is 12.1. The SMILES string of the molecule is CSCCCCCCNC(=O)NCCCCCC[S@@](C)=O. The predicted molar refractivity (Wildman–Crippen MR) is 95.7 cm³/mol. The van der Waals surface area contributed by atoms with Crippen LogP contribution in [0.2, 0.25) is 0 Å². The van der Waals surface area contributed by atoms with Crippen LogP contribution in [-0.2, 0) is 10.8 Å². The van der Waals surface area contributed by atoms with Crippen molar-refractivity contribution in [1.29, 1.82) is 0 Å². The van der Waals surface area contributed by atoms with E-state index in [-0.39, 0.29) is 6.03 Å². The van der Waals surface area contributed by atoms with Gasteiger partial charge in [0.15, 0.2) is 0 Å². The molecule has 0 heterocycles. The zero-order valence-corrected chi connectivity index (χ0v) is 15.3. The molecule has 1 atom stereocenters. The van der Waals surface area contributed by atoms with Gasteiger partial charge in [0.25, 0.3) is 0 Å². The summed E-state index contributed by atoms with van der Waals surface area (Å²) in [5.41, 5.74) is 0. The van der Waals surface area contributed by atoms with E-state index in [1.807, 2.05) is 11.8 Å². The molecule has 6 heteroatoms. The third-order valence-electron chi connectivity index (χ3n) is 3.20. The molecule has 0 saturated carbocycles. The lowest BCUT2D eigenvalue weighted by atomic mass is 10.2. The lowest BCUT2D eigenvalue weighted by Crippen LogP contribution is -2.36. The number of carbonyl (C=O) groups excluding carboxylic acids is 1. The van der Waals surface area contributed by atoms with Crippen LogP contribution in [0.1, 0.15) is 51.4 Å². The molecule has 0 aromatic heterocycles. The van der Waals surface area contributed by atoms with Crippen LogP contribution in [0.5, 0.6) is 0 Å². The van der Waals surface area contributed by atoms with Crippen molar-refractivity contribution in [2.45, 2.75) is 51.4 Å². The Hall–Kier alpha value is -0.230. The summed E-state index contributed by atoms with van der Waals surface area (Å²) in [6, 6.07) is -0.0474. The Morgan fingerprint density at radius 2 is 1.43 bits per heavy atom. The standard InChI is InChI=1S/C15H32N2O2S2/c1-20-13-9-5-3-7-11-16-15(18)17-12-8-4-6-10-14-21(2)19/h3-14H2,1-2H3,(H2,16,17,18)/t21-/m1/s1. The van der Waals surface area contributed by atoms with Gasteiger partial charge in [-0.1, -0.05) is 25.7 Å². The van der Waals surface area contributed by atoms with Crippen LogP contribution in [-0.4, -0.2) is 47.3 Å². The summed E-state index contributed by atoms with van der Waals surface area (Å²) in [5, 5.41) is 5.78. The molecule has 0 aromatic rings. The fourth-order valence-electron chi connectivity index (χ4n) is 1.98. The predicted octanol–water partition coefficient (Wildman–Crippen LogP) is 3.15. The van der Waals surface area contributed by atoms with Gasteiger partial charge in [-0.2, -0.15) is 11.8 Å². The van der Waals surface area contributed by atoms with E-state index >= 15 is 0 Å². The first-order chi connectivity index (χ1) is 10.2. The smallest absolute Gasteiger partial charge is 0.314 e. The number of hydrogen-bond donors (Lipinski definition) is 2. The van der Waals surface area contributed by atoms with E-state index in [0.717, 1.165) is 50.9 Å². The molecule has 126 valence electrons. The van der Waals surface area contributed by atoms with Crippen LogP contribution in [0.15, 0.2) is 0 Å². The van der Waals surface area contributed by atoms with Gasteiger partial charge in [-0.3, -0.25) is 4.21 Å². The Labute approximate surface area is 137 Å². The Morgan fingerprint density at radius 1 is 0.905 bits per heavy atom. The zero-order valence-electron chi connectivity index (χ0n) is 13.6. The van der Waals surface area contributed by atoms with E-state index in [4.69, 9.17) is 0 Å². The van der Waals surface area contributed by atoms with Gasteiger partial charge in [-0.05, 0) is 37.7 Å². The second-order valence-corrected chi connectivity index (χ2v) is 7.82. The molecule has 2 amide bonds. The monoisotopic (exact) mass is 336 g/mol. The molecule has 0 unspecified atom stereocenters. The molecular formula is C15H32N2O2S2. The molecule has 0 aromatic carbocycles. The van der Waals surface area contributed by atoms with Crippen LogP contribution < -0.4 is 10.6 Å². The molecule has 0 bridgehead atoms. The Morgan fingerprint density at radius 3 is 1.95 bits per heavy atom. The summed E-state index contributed by atoms with van der Waals surface area (Å²) in [4.78, 5) is 11.5. The Balaban J connectivity index is 3.18. The highest BCUT2D eigenvalue weighted by atomic mass is 32.2. The summed E-state index contributed by atoms with van der Waals surface area (Å²) in [6.07, 6.45) is 12.9. The molecule has 2 N–H and O–H groups in total. The summed E-state index contributed by atoms with van der Waals surface area (Å²) < 4.78 is 10.9. The molecule has 0 fully saturated rings. The molecule has 21 heavy (non-hydrogen) atoms. The fraction of sp³-hybridized carbons (Fsp3) is 0.933. The average Bonchev–Trinajstić information content (AvgIpc) is 2.45. The van der Waals surface area contributed by atoms with Crippen LogP contribution in [0.25, 0.3) is 0 Å². The number of nitrogens with one attached hydrogen (secondary N) is 2. The van der Waals surface area contributed by atoms with Crippen molar-refractivity contribution in [3.63, 3.8) is 0 Å². The molecule has 0 aliphatic heterocycles. The van der Waals surface area contributed by atoms with Gasteiger partial charge in [0.05, 0.1) is 0 Å². The summed E-state index contributed by atoms with van der Waals surface area (Å²) in [5.74, 6) is 2.03. The number of carbonyl (C=O) groups is 1. The van der Waals surface area contributed by atoms with Gasteiger partial charge < -0.3 is 10.6 Å². The second kappa shape index (κ2) is 16.1. The van der Waals surface area contributed by atoms with Crippen LogP contribution in [0.4, 0.5) is 4.79 Å². The molecule has 0 aliphatic carbocycles. The molecule has 4 nitrogen and oxygen atoms in total. The molecule has 0 rings (SSSR count). The maximum Gasteiger partial charge on any atom is 0.314 e. The first-order valence-electron chi connectivity index (χ1n) is 7.97. The quantitative estimate of drug-likeness (QED) is 0.479. The largest absolute Gasteiger partial charge is 0.338 e. The maximum atomic E-state index is 11.5. The number of rotatable bonds is 14. The number of unbranched alkanes of at least 4 members (excludes halogenated alkanes) is 6. The van der Waals surface area contributed by atoms with Crippen LogP contribution in [0.3, 0.4) is 0 Å². The summed E-state index contributed by atoms with van der Waals surface area (Å²) in [7, 11) is -0.669. The van der Waals surface area contributed by atoms with Crippen molar-refractivity contribution in [3.05, 3.63) is 0 Å². The molecule has 0 aliphatic rings. The first-order valence-corrected chi connectivity index (χ1v) is 11.1. The van der Waals surface area contributed by atoms with Crippen molar-refractivity contribution in [2.24, 2.45) is 0 Å². The highest BCUT2D eigenvalue weighted by molar-refractivity contribution is 7.98. The van der Waals surface area contributed by atoms with Crippen molar-refractivity contribution in [2.75, 3.05) is 37.1 Å². The minimum Gasteiger partial charge on any atom is -0.338 e. The van der Waals surface area contributed by atoms with Gasteiger partial charge in [-0.25, -0.2) is 4.79 Å². The first kappa shape index (κ1) is 20.8. The van der Waals surface area contributed by atoms with E-state index in [1.165, 1.54) is 25.0 Å². The van der Waals surface area contributed by atoms with Gasteiger partial charge in [0.2, 0.25) is 0 Å². The van der Waals surface area contributed by atoms with Gasteiger partial charge in [0, 0.05) is 35.9 Å². The van der Waals surface area contributed by atoms with Crippen LogP contribution >= 0.6 is 11.8 Å². The van der Waals surface area contributed by atoms with Gasteiger partial charge in [0.1, 0.15) is 0 Å². The van der Waals surface area contributed by atoms with E-state index in [0.29, 0.717) is 0 Å². The lowest BCUT2D eigenvalue weighted by Gasteiger charge is -2.07. The number of thioether (sulfide) groups is 1. The molecule has 0 saturated heterocycles. The zero-order chi connectivity index (χ0) is 15.8. The highest BCUT2D eigenvalue weighted by Crippen LogP contribution is 2.03. The molecular weight excluding hydrogens is 304 g/mol. The van der Waals surface area contributed by atoms with Crippen LogP contribution in [0, 0.1) is 0 Å². The number of hydrogen-bond acceptors (Lipinski definition) is 3. The van der Waals surface area contributed by atoms with Gasteiger partial charge >= 0.3 is 6.03 Å². The van der Waals surface area contributed by atoms with E-state index in [2.05, 4.69) is 16.9 Å². The third kappa shape index (κ3) is 17.7. The van der Waals surface area contributed by atoms with E-state index < -0.39 is 10.8 Å². The lowest BCUT2D eigenvalue weighted by molar-refractivity contribution is 0.240. The molecule has 0 spiro atoms. The van der Waals surface area contributed by atoms with Crippen molar-refractivity contribution >= 4 is 28.6 Å². The van der Waals surface area contributed by atoms with Crippen molar-refractivity contribution < 1.29 is 9.00 Å². The minimum atomic E-state index is -0.669. The topological polar surface area (TPSA) is 58.2 Å². The average molecular weight is 337 g/mol. The number of amides is 2. The van der Waals surface area contributed by atoms with Gasteiger partial charge in [-0.15, -0.1) is 0 Å². The van der Waals surface area contributed by atoms with E-state index in [1.54, 1.807) is 6.26 Å². The Bertz CT molecular complexity index is 276. The molecule has 0 radical (unpaired) electrons. The highest BCUT2D eigenvalue weighted by Gasteiger charge is 1.99. The summed E-state index contributed by atoms with van der Waals surface area (Å²) in [6.45, 7) is 1.50. The summed E-state index contributed by atoms with van der Waals surface area (Å²) >= 11 is 1.89. The number of urea groups is 1. The third-order valence-corrected chi connectivity index (χ3v) is 4.77. The second-order valence-electron chi connectivity index (χ2n) is 5.28.